The average Bonchev–Trinajstić information content (AvgIpc) is 3.73. The zero-order valence-corrected chi connectivity index (χ0v) is 30.0. The number of aromatic nitrogens is 3. The normalized spacial score (nSPS) is 11.5. The van der Waals surface area contributed by atoms with Crippen LogP contribution in [0.2, 0.25) is 0 Å². The third-order valence-electron chi connectivity index (χ3n) is 10.7. The van der Waals surface area contributed by atoms with E-state index in [4.69, 9.17) is 4.98 Å². The van der Waals surface area contributed by atoms with Gasteiger partial charge >= 0.3 is 0 Å². The third-order valence-corrected chi connectivity index (χ3v) is 10.7. The third kappa shape index (κ3) is 5.02. The molecule has 0 saturated carbocycles. The first kappa shape index (κ1) is 31.5. The summed E-state index contributed by atoms with van der Waals surface area (Å²) in [5.74, 6) is 0.790. The molecule has 7 aromatic carbocycles. The van der Waals surface area contributed by atoms with Crippen molar-refractivity contribution in [3.63, 3.8) is 0 Å². The monoisotopic (exact) mass is 690 g/mol. The van der Waals surface area contributed by atoms with Gasteiger partial charge in [0.2, 0.25) is 0 Å². The molecule has 0 N–H and O–H groups in total. The largest absolute Gasteiger partial charge is 0.307 e. The van der Waals surface area contributed by atoms with E-state index in [2.05, 4.69) is 169 Å². The Kier molecular flexibility index (Phi) is 7.28. The topological polar surface area (TPSA) is 46.5 Å². The Bertz CT molecular complexity index is 3150. The molecule has 0 amide bonds. The lowest BCUT2D eigenvalue weighted by molar-refractivity contribution is 1.06. The van der Waals surface area contributed by atoms with Crippen LogP contribution in [-0.4, -0.2) is 14.1 Å². The Labute approximate surface area is 313 Å². The molecule has 3 heterocycles. The molecule has 10 rings (SSSR count). The van der Waals surface area contributed by atoms with Crippen molar-refractivity contribution in [3.05, 3.63) is 187 Å². The first-order chi connectivity index (χ1) is 26.6. The van der Waals surface area contributed by atoms with E-state index in [1.54, 1.807) is 0 Å². The number of pyridine rings is 1. The zero-order valence-electron chi connectivity index (χ0n) is 30.0. The Morgan fingerprint density at radius 2 is 0.963 bits per heavy atom. The van der Waals surface area contributed by atoms with E-state index in [9.17, 15) is 5.26 Å². The molecule has 0 aliphatic rings. The van der Waals surface area contributed by atoms with Crippen LogP contribution < -0.4 is 0 Å². The van der Waals surface area contributed by atoms with Gasteiger partial charge in [0.1, 0.15) is 5.82 Å². The minimum atomic E-state index is 0.614. The minimum absolute atomic E-state index is 0.614. The highest BCUT2D eigenvalue weighted by atomic mass is 15.1. The van der Waals surface area contributed by atoms with E-state index in [1.165, 1.54) is 49.5 Å². The highest BCUT2D eigenvalue weighted by molar-refractivity contribution is 6.12. The lowest BCUT2D eigenvalue weighted by Crippen LogP contribution is -2.04. The van der Waals surface area contributed by atoms with Crippen molar-refractivity contribution in [1.82, 2.24) is 14.1 Å². The van der Waals surface area contributed by atoms with Crippen LogP contribution in [0.5, 0.6) is 0 Å². The Morgan fingerprint density at radius 3 is 1.57 bits per heavy atom. The molecule has 0 atom stereocenters. The van der Waals surface area contributed by atoms with Crippen molar-refractivity contribution >= 4 is 43.6 Å². The van der Waals surface area contributed by atoms with Gasteiger partial charge in [-0.1, -0.05) is 126 Å². The van der Waals surface area contributed by atoms with E-state index in [0.717, 1.165) is 50.1 Å². The lowest BCUT2D eigenvalue weighted by atomic mass is 9.99. The summed E-state index contributed by atoms with van der Waals surface area (Å²) in [5.41, 5.74) is 14.9. The molecule has 0 radical (unpaired) electrons. The summed E-state index contributed by atoms with van der Waals surface area (Å²) >= 11 is 0. The fourth-order valence-corrected chi connectivity index (χ4v) is 8.23. The van der Waals surface area contributed by atoms with Gasteiger partial charge in [0.25, 0.3) is 0 Å². The second kappa shape index (κ2) is 12.5. The number of hydrogen-bond acceptors (Lipinski definition) is 2. The van der Waals surface area contributed by atoms with Crippen LogP contribution >= 0.6 is 0 Å². The number of nitrogens with zero attached hydrogens (tertiary/aromatic N) is 4. The molecule has 0 bridgehead atoms. The molecule has 0 spiro atoms. The number of fused-ring (bicyclic) bond motifs is 6. The fraction of sp³-hybridized carbons (Fsp3) is 0.0400. The van der Waals surface area contributed by atoms with Gasteiger partial charge < -0.3 is 4.57 Å². The molecule has 3 aromatic heterocycles. The van der Waals surface area contributed by atoms with Crippen LogP contribution in [0.4, 0.5) is 0 Å². The van der Waals surface area contributed by atoms with Crippen molar-refractivity contribution in [2.45, 2.75) is 13.8 Å². The number of aryl methyl sites for hydroxylation is 2. The number of rotatable bonds is 5. The van der Waals surface area contributed by atoms with Crippen LogP contribution in [0.1, 0.15) is 16.7 Å². The maximum Gasteiger partial charge on any atom is 0.138 e. The van der Waals surface area contributed by atoms with Gasteiger partial charge in [-0.25, -0.2) is 4.98 Å². The first-order valence-electron chi connectivity index (χ1n) is 18.3. The summed E-state index contributed by atoms with van der Waals surface area (Å²) in [7, 11) is 0. The van der Waals surface area contributed by atoms with Gasteiger partial charge in [0, 0.05) is 32.7 Å². The lowest BCUT2D eigenvalue weighted by Gasteiger charge is -2.17. The molecular weight excluding hydrogens is 657 g/mol. The summed E-state index contributed by atoms with van der Waals surface area (Å²) in [6.45, 7) is 4.26. The van der Waals surface area contributed by atoms with E-state index in [0.29, 0.717) is 5.56 Å². The second-order valence-electron chi connectivity index (χ2n) is 14.1. The number of nitriles is 1. The molecule has 0 saturated heterocycles. The predicted octanol–water partition coefficient (Wildman–Crippen LogP) is 12.8. The molecule has 0 unspecified atom stereocenters. The molecule has 10 aromatic rings. The van der Waals surface area contributed by atoms with Gasteiger partial charge in [-0.05, 0) is 84.6 Å². The van der Waals surface area contributed by atoms with Crippen molar-refractivity contribution in [2.75, 3.05) is 0 Å². The quantitative estimate of drug-likeness (QED) is 0.180. The molecule has 0 aliphatic carbocycles. The number of para-hydroxylation sites is 2. The van der Waals surface area contributed by atoms with Gasteiger partial charge in [-0.2, -0.15) is 5.26 Å². The Balaban J connectivity index is 1.24. The number of hydrogen-bond donors (Lipinski definition) is 0. The highest BCUT2D eigenvalue weighted by Crippen LogP contribution is 2.41. The maximum atomic E-state index is 10.4. The standard InChI is InChI=1S/C50H34N4/c1-32-11-9-14-34(25-32)36-21-23-47-42(27-36)40-17-5-7-19-45(40)53(47)49-31-52-50(29-44(49)39-16-4-3-13-38(39)30-51)54-46-20-8-6-18-41(46)43-28-37(22-24-48(43)54)35-15-10-12-33(2)26-35/h3-29,31H,1-2H3. The van der Waals surface area contributed by atoms with E-state index in [-0.39, 0.29) is 0 Å². The molecular formula is C50H34N4. The van der Waals surface area contributed by atoms with E-state index >= 15 is 0 Å². The fourth-order valence-electron chi connectivity index (χ4n) is 8.23. The van der Waals surface area contributed by atoms with Crippen LogP contribution in [0.25, 0.3) is 88.5 Å². The van der Waals surface area contributed by atoms with Gasteiger partial charge in [0.15, 0.2) is 0 Å². The summed E-state index contributed by atoms with van der Waals surface area (Å²) in [4.78, 5) is 5.26. The Morgan fingerprint density at radius 1 is 0.444 bits per heavy atom. The van der Waals surface area contributed by atoms with Crippen LogP contribution in [0, 0.1) is 25.2 Å². The molecule has 4 heteroatoms. The summed E-state index contributed by atoms with van der Waals surface area (Å²) in [6, 6.07) is 60.4. The van der Waals surface area contributed by atoms with Crippen molar-refractivity contribution in [1.29, 1.82) is 5.26 Å². The van der Waals surface area contributed by atoms with E-state index in [1.807, 2.05) is 30.5 Å². The SMILES string of the molecule is Cc1cccc(-c2ccc3c(c2)c2ccccc2n3-c2cc(-c3ccccc3C#N)c(-n3c4ccccc4c4cc(-c5cccc(C)c5)ccc43)cn2)c1. The summed E-state index contributed by atoms with van der Waals surface area (Å²) in [6.07, 6.45) is 1.99. The molecule has 54 heavy (non-hydrogen) atoms. The molecule has 4 nitrogen and oxygen atoms in total. The van der Waals surface area contributed by atoms with Gasteiger partial charge in [-0.3, -0.25) is 4.57 Å². The van der Waals surface area contributed by atoms with Crippen molar-refractivity contribution in [3.8, 4) is 51.0 Å². The van der Waals surface area contributed by atoms with Crippen LogP contribution in [0.3, 0.4) is 0 Å². The van der Waals surface area contributed by atoms with Gasteiger partial charge in [0.05, 0.1) is 45.6 Å². The Hall–Kier alpha value is -7.22. The van der Waals surface area contributed by atoms with Crippen molar-refractivity contribution in [2.24, 2.45) is 0 Å². The van der Waals surface area contributed by atoms with Crippen molar-refractivity contribution < 1.29 is 0 Å². The zero-order chi connectivity index (χ0) is 36.3. The first-order valence-corrected chi connectivity index (χ1v) is 18.3. The van der Waals surface area contributed by atoms with E-state index < -0.39 is 0 Å². The second-order valence-corrected chi connectivity index (χ2v) is 14.1. The number of benzene rings is 7. The van der Waals surface area contributed by atoms with Crippen LogP contribution in [0.15, 0.2) is 170 Å². The van der Waals surface area contributed by atoms with Gasteiger partial charge in [-0.15, -0.1) is 0 Å². The summed E-state index contributed by atoms with van der Waals surface area (Å²) < 4.78 is 4.57. The molecule has 0 fully saturated rings. The summed E-state index contributed by atoms with van der Waals surface area (Å²) in [5, 5.41) is 15.1. The van der Waals surface area contributed by atoms with Crippen LogP contribution in [-0.2, 0) is 0 Å². The molecule has 0 aliphatic heterocycles. The average molecular weight is 691 g/mol. The highest BCUT2D eigenvalue weighted by Gasteiger charge is 2.21. The smallest absolute Gasteiger partial charge is 0.138 e. The predicted molar refractivity (Wildman–Crippen MR) is 223 cm³/mol. The minimum Gasteiger partial charge on any atom is -0.307 e. The maximum absolute atomic E-state index is 10.4. The molecule has 254 valence electrons.